The molecule has 0 radical (unpaired) electrons. The Kier molecular flexibility index (Phi) is 0.708. The van der Waals surface area contributed by atoms with Crippen LogP contribution in [-0.4, -0.2) is 16.9 Å². The molecule has 4 fully saturated rings. The minimum Gasteiger partial charge on any atom is -0.481 e. The lowest BCUT2D eigenvalue weighted by Gasteiger charge is -2.05. The van der Waals surface area contributed by atoms with Gasteiger partial charge in [-0.25, -0.2) is 0 Å². The Hall–Kier alpha value is -0.860. The number of Topliss-reactive ketones (excluding diaryl/α,β-unsaturated/α-hetero) is 1. The van der Waals surface area contributed by atoms with Crippen molar-refractivity contribution in [2.75, 3.05) is 0 Å². The second kappa shape index (κ2) is 1.36. The average Bonchev–Trinajstić information content (AvgIpc) is 2.33. The minimum absolute atomic E-state index is 0.104. The lowest BCUT2D eigenvalue weighted by atomic mass is 9.98. The predicted molar refractivity (Wildman–Crippen MR) is 34.7 cm³/mol. The molecule has 0 amide bonds. The Morgan fingerprint density at radius 2 is 2.27 bits per heavy atom. The molecule has 58 valence electrons. The third-order valence-electron chi connectivity index (χ3n) is 3.58. The first-order chi connectivity index (χ1) is 5.22. The zero-order valence-electron chi connectivity index (χ0n) is 5.86. The van der Waals surface area contributed by atoms with Crippen LogP contribution in [0.3, 0.4) is 0 Å². The molecular weight excluding hydrogens is 144 g/mol. The molecule has 1 N–H and O–H groups in total. The number of ketones is 1. The Balaban J connectivity index is 2.03. The molecule has 0 aromatic rings. The molecule has 0 heterocycles. The van der Waals surface area contributed by atoms with Crippen LogP contribution in [-0.2, 0) is 9.59 Å². The van der Waals surface area contributed by atoms with Crippen molar-refractivity contribution in [3.05, 3.63) is 0 Å². The van der Waals surface area contributed by atoms with Gasteiger partial charge in [0.05, 0.1) is 5.92 Å². The Morgan fingerprint density at radius 1 is 1.55 bits per heavy atom. The van der Waals surface area contributed by atoms with Crippen molar-refractivity contribution < 1.29 is 14.7 Å². The zero-order chi connectivity index (χ0) is 7.75. The van der Waals surface area contributed by atoms with Crippen molar-refractivity contribution in [2.24, 2.45) is 29.6 Å². The van der Waals surface area contributed by atoms with Gasteiger partial charge in [-0.2, -0.15) is 0 Å². The summed E-state index contributed by atoms with van der Waals surface area (Å²) >= 11 is 0. The summed E-state index contributed by atoms with van der Waals surface area (Å²) in [4.78, 5) is 21.9. The summed E-state index contributed by atoms with van der Waals surface area (Å²) in [7, 11) is 0. The van der Waals surface area contributed by atoms with Crippen LogP contribution in [0.2, 0.25) is 0 Å². The Labute approximate surface area is 63.4 Å². The highest BCUT2D eigenvalue weighted by Crippen LogP contribution is 2.71. The maximum Gasteiger partial charge on any atom is 0.307 e. The van der Waals surface area contributed by atoms with E-state index in [4.69, 9.17) is 5.11 Å². The number of hydrogen-bond donors (Lipinski definition) is 1. The van der Waals surface area contributed by atoms with Crippen LogP contribution in [0.4, 0.5) is 0 Å². The normalized spacial score (nSPS) is 56.7. The molecule has 4 aliphatic rings. The highest BCUT2D eigenvalue weighted by molar-refractivity contribution is 5.98. The molecule has 5 atom stereocenters. The lowest BCUT2D eigenvalue weighted by molar-refractivity contribution is -0.144. The lowest BCUT2D eigenvalue weighted by Crippen LogP contribution is -2.19. The summed E-state index contributed by atoms with van der Waals surface area (Å²) in [5.41, 5.74) is 0. The molecule has 0 aromatic carbocycles. The molecule has 4 bridgehead atoms. The van der Waals surface area contributed by atoms with E-state index < -0.39 is 5.97 Å². The maximum absolute atomic E-state index is 11.2. The van der Waals surface area contributed by atoms with Crippen LogP contribution in [0.5, 0.6) is 0 Å². The second-order valence-electron chi connectivity index (χ2n) is 3.88. The average molecular weight is 152 g/mol. The molecule has 4 aliphatic carbocycles. The molecule has 0 aromatic heterocycles. The minimum atomic E-state index is -0.754. The quantitative estimate of drug-likeness (QED) is 0.582. The molecule has 3 nitrogen and oxygen atoms in total. The molecule has 4 unspecified atom stereocenters. The Bertz CT molecular complexity index is 271. The zero-order valence-corrected chi connectivity index (χ0v) is 5.86. The van der Waals surface area contributed by atoms with E-state index in [0.29, 0.717) is 5.92 Å². The summed E-state index contributed by atoms with van der Waals surface area (Å²) in [5, 5.41) is 8.77. The van der Waals surface area contributed by atoms with Crippen LogP contribution < -0.4 is 0 Å². The number of carbonyl (C=O) groups is 2. The van der Waals surface area contributed by atoms with Gasteiger partial charge in [0.15, 0.2) is 0 Å². The van der Waals surface area contributed by atoms with Crippen molar-refractivity contribution >= 4 is 11.8 Å². The van der Waals surface area contributed by atoms with Crippen LogP contribution in [0.15, 0.2) is 0 Å². The fourth-order valence-electron chi connectivity index (χ4n) is 3.18. The summed E-state index contributed by atoms with van der Waals surface area (Å²) in [6.07, 6.45) is 0.866. The maximum atomic E-state index is 11.2. The summed E-state index contributed by atoms with van der Waals surface area (Å²) in [6.45, 7) is 0. The van der Waals surface area contributed by atoms with Crippen molar-refractivity contribution in [1.29, 1.82) is 0 Å². The smallest absolute Gasteiger partial charge is 0.307 e. The monoisotopic (exact) mass is 152 g/mol. The fraction of sp³-hybridized carbons (Fsp3) is 0.750. The van der Waals surface area contributed by atoms with Gasteiger partial charge in [-0.05, 0) is 18.3 Å². The SMILES string of the molecule is O=C1C2C3CC1[C@H](C(=O)O)C32. The molecule has 4 saturated carbocycles. The van der Waals surface area contributed by atoms with E-state index in [1.165, 1.54) is 0 Å². The van der Waals surface area contributed by atoms with E-state index in [2.05, 4.69) is 0 Å². The first-order valence-electron chi connectivity index (χ1n) is 3.98. The van der Waals surface area contributed by atoms with E-state index in [1.54, 1.807) is 0 Å². The molecular formula is C8H8O3. The van der Waals surface area contributed by atoms with E-state index in [1.807, 2.05) is 0 Å². The summed E-state index contributed by atoms with van der Waals surface area (Å²) in [5.74, 6) is -0.0482. The number of rotatable bonds is 1. The van der Waals surface area contributed by atoms with Gasteiger partial charge in [-0.1, -0.05) is 0 Å². The number of hydrogen-bond acceptors (Lipinski definition) is 2. The molecule has 4 rings (SSSR count). The summed E-state index contributed by atoms with van der Waals surface area (Å²) < 4.78 is 0. The largest absolute Gasteiger partial charge is 0.481 e. The molecule has 0 aliphatic heterocycles. The third-order valence-corrected chi connectivity index (χ3v) is 3.58. The first-order valence-corrected chi connectivity index (χ1v) is 3.98. The highest BCUT2D eigenvalue weighted by atomic mass is 16.4. The molecule has 3 heteroatoms. The number of carbonyl (C=O) groups excluding carboxylic acids is 1. The van der Waals surface area contributed by atoms with Gasteiger partial charge < -0.3 is 5.11 Å². The van der Waals surface area contributed by atoms with E-state index in [9.17, 15) is 9.59 Å². The molecule has 0 saturated heterocycles. The van der Waals surface area contributed by atoms with Crippen LogP contribution in [0.25, 0.3) is 0 Å². The van der Waals surface area contributed by atoms with Crippen molar-refractivity contribution in [3.63, 3.8) is 0 Å². The van der Waals surface area contributed by atoms with Crippen LogP contribution in [0, 0.1) is 29.6 Å². The third kappa shape index (κ3) is 0.424. The standard InChI is InChI=1S/C8H8O3/c9-7-3-1-2-4(5(2)7)6(3)8(10)11/h2-6H,1H2,(H,10,11)/t2?,3?,4?,5?,6-/m0/s1. The van der Waals surface area contributed by atoms with Gasteiger partial charge in [0, 0.05) is 11.8 Å². The van der Waals surface area contributed by atoms with Gasteiger partial charge in [0.2, 0.25) is 0 Å². The topological polar surface area (TPSA) is 54.4 Å². The highest BCUT2D eigenvalue weighted by Gasteiger charge is 2.75. The van der Waals surface area contributed by atoms with Gasteiger partial charge >= 0.3 is 5.97 Å². The number of aliphatic carboxylic acids is 1. The predicted octanol–water partition coefficient (Wildman–Crippen LogP) is 0.152. The molecule has 0 spiro atoms. The van der Waals surface area contributed by atoms with Gasteiger partial charge in [-0.15, -0.1) is 0 Å². The Morgan fingerprint density at radius 3 is 2.45 bits per heavy atom. The number of carboxylic acids is 1. The van der Waals surface area contributed by atoms with Gasteiger partial charge in [0.1, 0.15) is 5.78 Å². The van der Waals surface area contributed by atoms with E-state index in [0.717, 1.165) is 6.42 Å². The number of carboxylic acid groups (broad SMARTS) is 1. The van der Waals surface area contributed by atoms with Crippen molar-refractivity contribution in [3.8, 4) is 0 Å². The summed E-state index contributed by atoms with van der Waals surface area (Å²) in [6, 6.07) is 0. The van der Waals surface area contributed by atoms with E-state index >= 15 is 0 Å². The van der Waals surface area contributed by atoms with Crippen LogP contribution >= 0.6 is 0 Å². The van der Waals surface area contributed by atoms with Crippen LogP contribution in [0.1, 0.15) is 6.42 Å². The van der Waals surface area contributed by atoms with E-state index in [-0.39, 0.29) is 29.5 Å². The van der Waals surface area contributed by atoms with Crippen molar-refractivity contribution in [2.45, 2.75) is 6.42 Å². The second-order valence-corrected chi connectivity index (χ2v) is 3.88. The molecule has 11 heavy (non-hydrogen) atoms. The first kappa shape index (κ1) is 5.75. The van der Waals surface area contributed by atoms with Gasteiger partial charge in [0.25, 0.3) is 0 Å². The van der Waals surface area contributed by atoms with Crippen molar-refractivity contribution in [1.82, 2.24) is 0 Å². The van der Waals surface area contributed by atoms with Gasteiger partial charge in [-0.3, -0.25) is 9.59 Å². The fourth-order valence-corrected chi connectivity index (χ4v) is 3.18.